The van der Waals surface area contributed by atoms with E-state index in [-0.39, 0.29) is 0 Å². The smallest absolute Gasteiger partial charge is 0.107 e. The van der Waals surface area contributed by atoms with Gasteiger partial charge in [0.1, 0.15) is 5.82 Å². The van der Waals surface area contributed by atoms with E-state index >= 15 is 0 Å². The second kappa shape index (κ2) is 4.18. The molecular formula is C14H16N3+. The lowest BCUT2D eigenvalue weighted by atomic mass is 10.1. The van der Waals surface area contributed by atoms with Crippen LogP contribution in [0.25, 0.3) is 21.8 Å². The molecule has 86 valence electrons. The molecule has 0 radical (unpaired) electrons. The number of rotatable bonds is 3. The van der Waals surface area contributed by atoms with Crippen LogP contribution in [0.3, 0.4) is 0 Å². The Morgan fingerprint density at radius 3 is 2.65 bits per heavy atom. The summed E-state index contributed by atoms with van der Waals surface area (Å²) in [6.07, 6.45) is 2.06. The molecule has 0 atom stereocenters. The molecule has 0 aliphatic carbocycles. The zero-order chi connectivity index (χ0) is 11.7. The van der Waals surface area contributed by atoms with Crippen LogP contribution >= 0.6 is 0 Å². The number of aromatic amines is 1. The molecule has 3 nitrogen and oxygen atoms in total. The SMILES string of the molecule is [NH3+]CCCc1nc2cc3ccccc3cc2[nH]1. The Hall–Kier alpha value is -1.87. The summed E-state index contributed by atoms with van der Waals surface area (Å²) in [4.78, 5) is 8.00. The van der Waals surface area contributed by atoms with Crippen LogP contribution in [0.15, 0.2) is 36.4 Å². The highest BCUT2D eigenvalue weighted by Crippen LogP contribution is 2.21. The Labute approximate surface area is 99.7 Å². The number of quaternary nitrogens is 1. The van der Waals surface area contributed by atoms with Crippen molar-refractivity contribution in [3.63, 3.8) is 0 Å². The fourth-order valence-electron chi connectivity index (χ4n) is 2.16. The van der Waals surface area contributed by atoms with E-state index in [1.807, 2.05) is 0 Å². The van der Waals surface area contributed by atoms with Gasteiger partial charge in [-0.05, 0) is 22.9 Å². The number of hydrogen-bond donors (Lipinski definition) is 2. The monoisotopic (exact) mass is 226 g/mol. The van der Waals surface area contributed by atoms with Gasteiger partial charge in [-0.1, -0.05) is 24.3 Å². The first-order valence-corrected chi connectivity index (χ1v) is 6.03. The molecule has 0 saturated carbocycles. The van der Waals surface area contributed by atoms with Gasteiger partial charge in [0.05, 0.1) is 17.6 Å². The van der Waals surface area contributed by atoms with Gasteiger partial charge in [0.25, 0.3) is 0 Å². The number of aromatic nitrogens is 2. The third-order valence-corrected chi connectivity index (χ3v) is 3.06. The number of hydrogen-bond acceptors (Lipinski definition) is 1. The number of nitrogens with one attached hydrogen (secondary N) is 1. The maximum atomic E-state index is 4.62. The third kappa shape index (κ3) is 1.89. The van der Waals surface area contributed by atoms with Crippen LogP contribution in [0, 0.1) is 0 Å². The van der Waals surface area contributed by atoms with E-state index in [0.29, 0.717) is 0 Å². The topological polar surface area (TPSA) is 56.3 Å². The fraction of sp³-hybridized carbons (Fsp3) is 0.214. The van der Waals surface area contributed by atoms with Gasteiger partial charge in [-0.25, -0.2) is 4.98 Å². The predicted molar refractivity (Wildman–Crippen MR) is 69.7 cm³/mol. The molecule has 1 heterocycles. The summed E-state index contributed by atoms with van der Waals surface area (Å²) in [6.45, 7) is 0.957. The van der Waals surface area contributed by atoms with E-state index in [1.54, 1.807) is 0 Å². The van der Waals surface area contributed by atoms with Crippen molar-refractivity contribution in [3.05, 3.63) is 42.2 Å². The molecule has 0 unspecified atom stereocenters. The zero-order valence-corrected chi connectivity index (χ0v) is 9.74. The Kier molecular flexibility index (Phi) is 2.53. The first-order chi connectivity index (χ1) is 8.36. The Morgan fingerprint density at radius 2 is 1.88 bits per heavy atom. The lowest BCUT2D eigenvalue weighted by Crippen LogP contribution is -2.50. The van der Waals surface area contributed by atoms with E-state index in [0.717, 1.165) is 36.2 Å². The van der Waals surface area contributed by atoms with Gasteiger partial charge in [0.15, 0.2) is 0 Å². The maximum Gasteiger partial charge on any atom is 0.107 e. The number of nitrogens with zero attached hydrogens (tertiary/aromatic N) is 1. The summed E-state index contributed by atoms with van der Waals surface area (Å²) in [5, 5.41) is 2.50. The van der Waals surface area contributed by atoms with E-state index in [2.05, 4.69) is 52.1 Å². The minimum atomic E-state index is 0.957. The molecule has 3 heteroatoms. The van der Waals surface area contributed by atoms with E-state index in [4.69, 9.17) is 0 Å². The van der Waals surface area contributed by atoms with Crippen molar-refractivity contribution in [3.8, 4) is 0 Å². The van der Waals surface area contributed by atoms with Crippen LogP contribution in [-0.2, 0) is 6.42 Å². The Bertz CT molecular complexity index is 602. The molecule has 1 aromatic heterocycles. The molecule has 17 heavy (non-hydrogen) atoms. The molecule has 3 rings (SSSR count). The molecule has 4 N–H and O–H groups in total. The van der Waals surface area contributed by atoms with Crippen molar-refractivity contribution in [2.45, 2.75) is 12.8 Å². The van der Waals surface area contributed by atoms with E-state index in [1.165, 1.54) is 10.8 Å². The average Bonchev–Trinajstić information content (AvgIpc) is 2.75. The summed E-state index contributed by atoms with van der Waals surface area (Å²) >= 11 is 0. The minimum absolute atomic E-state index is 0.957. The first-order valence-electron chi connectivity index (χ1n) is 6.03. The molecule has 3 aromatic rings. The van der Waals surface area contributed by atoms with Gasteiger partial charge in [-0.3, -0.25) is 0 Å². The lowest BCUT2D eigenvalue weighted by Gasteiger charge is -1.95. The van der Waals surface area contributed by atoms with E-state index in [9.17, 15) is 0 Å². The molecule has 0 fully saturated rings. The standard InChI is InChI=1S/C14H15N3/c15-7-3-6-14-16-12-8-10-4-1-2-5-11(10)9-13(12)17-14/h1-2,4-5,8-9H,3,6-7,15H2,(H,16,17)/p+1. The summed E-state index contributed by atoms with van der Waals surface area (Å²) in [5.41, 5.74) is 6.04. The second-order valence-electron chi connectivity index (χ2n) is 4.36. The largest absolute Gasteiger partial charge is 0.358 e. The van der Waals surface area contributed by atoms with Gasteiger partial charge in [-0.2, -0.15) is 0 Å². The van der Waals surface area contributed by atoms with Gasteiger partial charge < -0.3 is 10.7 Å². The molecule has 0 bridgehead atoms. The predicted octanol–water partition coefficient (Wildman–Crippen LogP) is 1.89. The van der Waals surface area contributed by atoms with Gasteiger partial charge in [0, 0.05) is 12.8 Å². The fourth-order valence-corrected chi connectivity index (χ4v) is 2.16. The molecule has 0 spiro atoms. The summed E-state index contributed by atoms with van der Waals surface area (Å²) < 4.78 is 0. The highest BCUT2D eigenvalue weighted by molar-refractivity contribution is 5.95. The number of imidazole rings is 1. The molecule has 0 aliphatic heterocycles. The second-order valence-corrected chi connectivity index (χ2v) is 4.36. The van der Waals surface area contributed by atoms with Gasteiger partial charge in [-0.15, -0.1) is 0 Å². The van der Waals surface area contributed by atoms with Crippen LogP contribution in [0.2, 0.25) is 0 Å². The number of aryl methyl sites for hydroxylation is 1. The summed E-state index contributed by atoms with van der Waals surface area (Å²) in [5.74, 6) is 1.07. The number of H-pyrrole nitrogens is 1. The van der Waals surface area contributed by atoms with Crippen molar-refractivity contribution < 1.29 is 5.73 Å². The normalized spacial score (nSPS) is 11.4. The number of benzene rings is 2. The quantitative estimate of drug-likeness (QED) is 0.704. The Morgan fingerprint density at radius 1 is 1.12 bits per heavy atom. The van der Waals surface area contributed by atoms with Crippen LogP contribution in [0.5, 0.6) is 0 Å². The average molecular weight is 226 g/mol. The van der Waals surface area contributed by atoms with Crippen molar-refractivity contribution >= 4 is 21.8 Å². The molecule has 0 amide bonds. The van der Waals surface area contributed by atoms with E-state index < -0.39 is 0 Å². The van der Waals surface area contributed by atoms with Crippen LogP contribution in [0.1, 0.15) is 12.2 Å². The third-order valence-electron chi connectivity index (χ3n) is 3.06. The van der Waals surface area contributed by atoms with Crippen molar-refractivity contribution in [1.82, 2.24) is 9.97 Å². The maximum absolute atomic E-state index is 4.62. The minimum Gasteiger partial charge on any atom is -0.358 e. The zero-order valence-electron chi connectivity index (χ0n) is 9.74. The highest BCUT2D eigenvalue weighted by atomic mass is 14.9. The van der Waals surface area contributed by atoms with Crippen molar-refractivity contribution in [2.75, 3.05) is 6.54 Å². The lowest BCUT2D eigenvalue weighted by molar-refractivity contribution is -0.368. The highest BCUT2D eigenvalue weighted by Gasteiger charge is 2.04. The number of fused-ring (bicyclic) bond motifs is 2. The van der Waals surface area contributed by atoms with Gasteiger partial charge >= 0.3 is 0 Å². The molecule has 0 saturated heterocycles. The summed E-state index contributed by atoms with van der Waals surface area (Å²) in [7, 11) is 0. The molecule has 0 aliphatic rings. The molecular weight excluding hydrogens is 210 g/mol. The molecule has 2 aromatic carbocycles. The van der Waals surface area contributed by atoms with Crippen molar-refractivity contribution in [2.24, 2.45) is 0 Å². The van der Waals surface area contributed by atoms with Crippen molar-refractivity contribution in [1.29, 1.82) is 0 Å². The van der Waals surface area contributed by atoms with Gasteiger partial charge in [0.2, 0.25) is 0 Å². The summed E-state index contributed by atoms with van der Waals surface area (Å²) in [6, 6.07) is 12.7. The first kappa shape index (κ1) is 10.3. The van der Waals surface area contributed by atoms with Crippen LogP contribution in [0.4, 0.5) is 0 Å². The Balaban J connectivity index is 2.11. The van der Waals surface area contributed by atoms with Crippen LogP contribution < -0.4 is 5.73 Å². The van der Waals surface area contributed by atoms with Crippen LogP contribution in [-0.4, -0.2) is 16.5 Å².